The van der Waals surface area contributed by atoms with E-state index >= 15 is 0 Å². The molecule has 5 rings (SSSR count). The topological polar surface area (TPSA) is 74.7 Å². The van der Waals surface area contributed by atoms with Crippen molar-refractivity contribution in [2.75, 3.05) is 0 Å². The summed E-state index contributed by atoms with van der Waals surface area (Å²) >= 11 is 6.32. The highest BCUT2D eigenvalue weighted by Gasteiger charge is 2.24. The van der Waals surface area contributed by atoms with E-state index in [-0.39, 0.29) is 11.4 Å². The normalized spacial score (nSPS) is 11.5. The first kappa shape index (κ1) is 21.2. The van der Waals surface area contributed by atoms with Gasteiger partial charge in [-0.25, -0.2) is 9.48 Å². The molecular weight excluding hydrogens is 438 g/mol. The van der Waals surface area contributed by atoms with Crippen LogP contribution in [-0.2, 0) is 6.54 Å². The standard InChI is InChI=1S/C25H22ClN5O2/c1-3-4-13-29-24(32)21-15-20-16(2)28-31(18-10-6-5-7-11-18)23(20)30(22(21)27-25(29)33)19-12-8-9-17(26)14-19/h5-12,14-15H,3-4,13H2,1-2H3. The molecule has 0 bridgehead atoms. The van der Waals surface area contributed by atoms with Gasteiger partial charge in [0.25, 0.3) is 5.56 Å². The Balaban J connectivity index is 1.97. The molecule has 33 heavy (non-hydrogen) atoms. The van der Waals surface area contributed by atoms with E-state index in [1.54, 1.807) is 27.4 Å². The summed E-state index contributed by atoms with van der Waals surface area (Å²) in [6.45, 7) is 4.26. The monoisotopic (exact) mass is 459 g/mol. The number of aromatic nitrogens is 5. The minimum atomic E-state index is -0.557. The summed E-state index contributed by atoms with van der Waals surface area (Å²) in [5.41, 5.74) is 2.47. The van der Waals surface area contributed by atoms with E-state index in [0.717, 1.165) is 29.6 Å². The summed E-state index contributed by atoms with van der Waals surface area (Å²) in [4.78, 5) is 30.7. The summed E-state index contributed by atoms with van der Waals surface area (Å²) < 4.78 is 4.83. The Hall–Kier alpha value is -3.71. The lowest BCUT2D eigenvalue weighted by Gasteiger charge is -2.19. The third-order valence-electron chi connectivity index (χ3n) is 5.74. The van der Waals surface area contributed by atoms with Gasteiger partial charge in [0, 0.05) is 17.0 Å². The number of para-hydroxylation sites is 1. The van der Waals surface area contributed by atoms with Crippen molar-refractivity contribution in [2.24, 2.45) is 0 Å². The quantitative estimate of drug-likeness (QED) is 0.385. The van der Waals surface area contributed by atoms with Crippen molar-refractivity contribution in [2.45, 2.75) is 33.2 Å². The molecule has 166 valence electrons. The Morgan fingerprint density at radius 2 is 1.73 bits per heavy atom. The Bertz CT molecular complexity index is 1570. The van der Waals surface area contributed by atoms with Crippen LogP contribution in [0.1, 0.15) is 25.5 Å². The van der Waals surface area contributed by atoms with Crippen molar-refractivity contribution < 1.29 is 0 Å². The van der Waals surface area contributed by atoms with Gasteiger partial charge in [0.15, 0.2) is 5.82 Å². The molecule has 0 unspecified atom stereocenters. The summed E-state index contributed by atoms with van der Waals surface area (Å²) in [7, 11) is 0. The minimum Gasteiger partial charge on any atom is -0.278 e. The molecule has 0 radical (unpaired) electrons. The number of aryl methyl sites for hydroxylation is 1. The molecule has 8 heteroatoms. The minimum absolute atomic E-state index is 0.282. The first-order valence-electron chi connectivity index (χ1n) is 10.9. The SMILES string of the molecule is CCCCn1c(=O)nc2n(-c3cccc(Cl)c3)c3c(cc-2c1=O)c(C)nn3-c1ccccc1. The van der Waals surface area contributed by atoms with Crippen LogP contribution in [-0.4, -0.2) is 23.9 Å². The highest BCUT2D eigenvalue weighted by molar-refractivity contribution is 6.30. The molecule has 0 saturated carbocycles. The van der Waals surface area contributed by atoms with Crippen molar-refractivity contribution in [1.82, 2.24) is 23.9 Å². The Morgan fingerprint density at radius 3 is 2.45 bits per heavy atom. The van der Waals surface area contributed by atoms with E-state index in [0.29, 0.717) is 28.5 Å². The average Bonchev–Trinajstić information content (AvgIpc) is 3.14. The van der Waals surface area contributed by atoms with Crippen LogP contribution in [0.4, 0.5) is 0 Å². The Labute approximate surface area is 194 Å². The number of hydrogen-bond acceptors (Lipinski definition) is 4. The molecule has 7 nitrogen and oxygen atoms in total. The number of hydrogen-bond donors (Lipinski definition) is 0. The zero-order valence-corrected chi connectivity index (χ0v) is 19.1. The first-order valence-corrected chi connectivity index (χ1v) is 11.2. The van der Waals surface area contributed by atoms with Crippen molar-refractivity contribution in [3.63, 3.8) is 0 Å². The van der Waals surface area contributed by atoms with Crippen molar-refractivity contribution in [3.05, 3.63) is 92.2 Å². The summed E-state index contributed by atoms with van der Waals surface area (Å²) in [5.74, 6) is 0.282. The Morgan fingerprint density at radius 1 is 0.970 bits per heavy atom. The third kappa shape index (κ3) is 3.54. The Kier molecular flexibility index (Phi) is 5.34. The number of pyridine rings is 1. The van der Waals surface area contributed by atoms with Gasteiger partial charge < -0.3 is 0 Å². The maximum Gasteiger partial charge on any atom is 0.352 e. The second-order valence-electron chi connectivity index (χ2n) is 7.97. The maximum atomic E-state index is 13.4. The summed E-state index contributed by atoms with van der Waals surface area (Å²) in [6.07, 6.45) is 1.60. The largest absolute Gasteiger partial charge is 0.352 e. The number of benzene rings is 2. The lowest BCUT2D eigenvalue weighted by molar-refractivity contribution is 0.582. The van der Waals surface area contributed by atoms with Crippen LogP contribution in [0.2, 0.25) is 5.02 Å². The van der Waals surface area contributed by atoms with Gasteiger partial charge >= 0.3 is 5.69 Å². The van der Waals surface area contributed by atoms with Crippen LogP contribution in [0.25, 0.3) is 33.8 Å². The number of fused-ring (bicyclic) bond motifs is 2. The molecule has 3 heterocycles. The molecule has 2 aromatic carbocycles. The highest BCUT2D eigenvalue weighted by Crippen LogP contribution is 2.32. The van der Waals surface area contributed by atoms with Gasteiger partial charge in [-0.2, -0.15) is 10.1 Å². The zero-order chi connectivity index (χ0) is 23.1. The predicted octanol–water partition coefficient (Wildman–Crippen LogP) is 4.60. The van der Waals surface area contributed by atoms with Gasteiger partial charge in [0.2, 0.25) is 0 Å². The summed E-state index contributed by atoms with van der Waals surface area (Å²) in [6, 6.07) is 18.8. The molecular formula is C25H22ClN5O2. The molecule has 2 aliphatic heterocycles. The van der Waals surface area contributed by atoms with Crippen molar-refractivity contribution in [1.29, 1.82) is 0 Å². The van der Waals surface area contributed by atoms with Gasteiger partial charge in [-0.15, -0.1) is 0 Å². The predicted molar refractivity (Wildman–Crippen MR) is 130 cm³/mol. The molecule has 0 spiro atoms. The number of halogens is 1. The number of rotatable bonds is 5. The number of unbranched alkanes of at least 4 members (excludes halogenated alkanes) is 1. The second-order valence-corrected chi connectivity index (χ2v) is 8.41. The highest BCUT2D eigenvalue weighted by atomic mass is 35.5. The third-order valence-corrected chi connectivity index (χ3v) is 5.98. The lowest BCUT2D eigenvalue weighted by atomic mass is 10.1. The van der Waals surface area contributed by atoms with E-state index < -0.39 is 5.69 Å². The fourth-order valence-electron chi connectivity index (χ4n) is 4.11. The van der Waals surface area contributed by atoms with Crippen LogP contribution in [0.15, 0.2) is 70.3 Å². The molecule has 0 N–H and O–H groups in total. The van der Waals surface area contributed by atoms with E-state index in [2.05, 4.69) is 4.98 Å². The van der Waals surface area contributed by atoms with Gasteiger partial charge in [-0.05, 0) is 49.7 Å². The van der Waals surface area contributed by atoms with E-state index in [1.807, 2.05) is 56.3 Å². The van der Waals surface area contributed by atoms with Crippen molar-refractivity contribution in [3.8, 4) is 22.8 Å². The van der Waals surface area contributed by atoms with Gasteiger partial charge in [-0.3, -0.25) is 13.9 Å². The lowest BCUT2D eigenvalue weighted by Crippen LogP contribution is -2.38. The smallest absolute Gasteiger partial charge is 0.278 e. The van der Waals surface area contributed by atoms with E-state index in [9.17, 15) is 9.59 Å². The molecule has 3 aromatic rings. The molecule has 0 atom stereocenters. The molecule has 2 aliphatic rings. The summed E-state index contributed by atoms with van der Waals surface area (Å²) in [5, 5.41) is 6.09. The zero-order valence-electron chi connectivity index (χ0n) is 18.3. The van der Waals surface area contributed by atoms with Gasteiger partial charge in [0.1, 0.15) is 5.65 Å². The van der Waals surface area contributed by atoms with Crippen molar-refractivity contribution >= 4 is 22.6 Å². The average molecular weight is 460 g/mol. The van der Waals surface area contributed by atoms with Gasteiger partial charge in [-0.1, -0.05) is 49.2 Å². The fourth-order valence-corrected chi connectivity index (χ4v) is 4.30. The van der Waals surface area contributed by atoms with Crippen LogP contribution < -0.4 is 11.2 Å². The molecule has 1 aromatic heterocycles. The van der Waals surface area contributed by atoms with Crippen LogP contribution in [0.5, 0.6) is 0 Å². The van der Waals surface area contributed by atoms with Crippen LogP contribution in [0.3, 0.4) is 0 Å². The fraction of sp³-hybridized carbons (Fsp3) is 0.200. The van der Waals surface area contributed by atoms with Crippen LogP contribution >= 0.6 is 11.6 Å². The van der Waals surface area contributed by atoms with Crippen LogP contribution in [0, 0.1) is 6.92 Å². The number of nitrogens with zero attached hydrogens (tertiary/aromatic N) is 5. The molecule has 0 aliphatic carbocycles. The maximum absolute atomic E-state index is 13.4. The first-order chi connectivity index (χ1) is 16.0. The molecule has 0 fully saturated rings. The molecule has 0 amide bonds. The van der Waals surface area contributed by atoms with E-state index in [1.165, 1.54) is 4.57 Å². The van der Waals surface area contributed by atoms with E-state index in [4.69, 9.17) is 16.7 Å². The molecule has 0 saturated heterocycles. The van der Waals surface area contributed by atoms with Gasteiger partial charge in [0.05, 0.1) is 22.6 Å². The second kappa shape index (κ2) is 8.33.